The predicted molar refractivity (Wildman–Crippen MR) is 134 cm³/mol. The number of rotatable bonds is 2. The Bertz CT molecular complexity index is 1340. The number of amides is 1. The van der Waals surface area contributed by atoms with Gasteiger partial charge in [-0.1, -0.05) is 36.4 Å². The van der Waals surface area contributed by atoms with Crippen LogP contribution in [0.1, 0.15) is 22.3 Å². The Morgan fingerprint density at radius 2 is 1.59 bits per heavy atom. The number of anilines is 2. The lowest BCUT2D eigenvalue weighted by atomic mass is 9.82. The van der Waals surface area contributed by atoms with E-state index in [1.807, 2.05) is 28.0 Å². The number of halogens is 4. The highest BCUT2D eigenvalue weighted by atomic mass is 19.4. The van der Waals surface area contributed by atoms with Crippen LogP contribution >= 0.6 is 0 Å². The molecule has 0 radical (unpaired) electrons. The molecule has 192 valence electrons. The maximum atomic E-state index is 14.6. The fourth-order valence-electron chi connectivity index (χ4n) is 6.13. The summed E-state index contributed by atoms with van der Waals surface area (Å²) in [4.78, 5) is 19.9. The maximum Gasteiger partial charge on any atom is 0.416 e. The first-order valence-electron chi connectivity index (χ1n) is 12.6. The van der Waals surface area contributed by atoms with Crippen molar-refractivity contribution in [1.29, 1.82) is 0 Å². The highest BCUT2D eigenvalue weighted by molar-refractivity contribution is 5.83. The lowest BCUT2D eigenvalue weighted by Crippen LogP contribution is -2.61. The molecule has 2 unspecified atom stereocenters. The van der Waals surface area contributed by atoms with Crippen molar-refractivity contribution in [2.24, 2.45) is 5.92 Å². The Labute approximate surface area is 213 Å². The molecule has 1 saturated heterocycles. The van der Waals surface area contributed by atoms with Gasteiger partial charge < -0.3 is 14.7 Å². The number of alkyl halides is 3. The van der Waals surface area contributed by atoms with E-state index in [4.69, 9.17) is 0 Å². The minimum atomic E-state index is -4.45. The van der Waals surface area contributed by atoms with E-state index in [2.05, 4.69) is 11.0 Å². The Morgan fingerprint density at radius 3 is 2.38 bits per heavy atom. The number of piperazine rings is 1. The van der Waals surface area contributed by atoms with Gasteiger partial charge in [-0.05, 0) is 59.9 Å². The molecule has 3 aromatic rings. The van der Waals surface area contributed by atoms with Crippen molar-refractivity contribution in [2.75, 3.05) is 36.0 Å². The minimum Gasteiger partial charge on any atom is -0.365 e. The van der Waals surface area contributed by atoms with Gasteiger partial charge in [0.2, 0.25) is 5.91 Å². The molecule has 4 nitrogen and oxygen atoms in total. The van der Waals surface area contributed by atoms with E-state index in [0.29, 0.717) is 44.0 Å². The molecule has 2 atom stereocenters. The molecule has 8 heteroatoms. The number of hydrogen-bond donors (Lipinski definition) is 0. The second-order valence-electron chi connectivity index (χ2n) is 10.1. The van der Waals surface area contributed by atoms with Crippen molar-refractivity contribution in [3.05, 3.63) is 94.8 Å². The first kappa shape index (κ1) is 23.8. The van der Waals surface area contributed by atoms with E-state index < -0.39 is 17.7 Å². The van der Waals surface area contributed by atoms with Gasteiger partial charge in [-0.25, -0.2) is 4.39 Å². The third-order valence-electron chi connectivity index (χ3n) is 7.99. The molecule has 6 rings (SSSR count). The monoisotopic (exact) mass is 509 g/mol. The zero-order valence-corrected chi connectivity index (χ0v) is 20.2. The molecule has 0 aliphatic carbocycles. The molecule has 3 aliphatic rings. The van der Waals surface area contributed by atoms with Crippen LogP contribution < -0.4 is 9.80 Å². The maximum absolute atomic E-state index is 14.6. The molecule has 0 spiro atoms. The summed E-state index contributed by atoms with van der Waals surface area (Å²) in [6.45, 7) is 2.48. The molecule has 1 fully saturated rings. The summed E-state index contributed by atoms with van der Waals surface area (Å²) in [5.74, 6) is -0.906. The summed E-state index contributed by atoms with van der Waals surface area (Å²) in [5.41, 5.74) is 3.39. The quantitative estimate of drug-likeness (QED) is 0.439. The van der Waals surface area contributed by atoms with Gasteiger partial charge in [-0.2, -0.15) is 13.2 Å². The van der Waals surface area contributed by atoms with Gasteiger partial charge in [-0.3, -0.25) is 4.79 Å². The molecule has 0 N–H and O–H groups in total. The van der Waals surface area contributed by atoms with Crippen molar-refractivity contribution >= 4 is 17.3 Å². The van der Waals surface area contributed by atoms with E-state index in [9.17, 15) is 22.4 Å². The molecule has 0 bridgehead atoms. The fraction of sp³-hybridized carbons (Fsp3) is 0.345. The van der Waals surface area contributed by atoms with Gasteiger partial charge in [0.05, 0.1) is 23.2 Å². The molecule has 0 aromatic heterocycles. The zero-order valence-electron chi connectivity index (χ0n) is 20.2. The molecule has 0 saturated carbocycles. The number of carbonyl (C=O) groups is 1. The van der Waals surface area contributed by atoms with Crippen molar-refractivity contribution < 1.29 is 22.4 Å². The highest BCUT2D eigenvalue weighted by Crippen LogP contribution is 2.41. The molecule has 3 aliphatic heterocycles. The normalized spacial score (nSPS) is 21.2. The van der Waals surface area contributed by atoms with Gasteiger partial charge >= 0.3 is 6.18 Å². The second-order valence-corrected chi connectivity index (χ2v) is 10.1. The van der Waals surface area contributed by atoms with E-state index in [0.717, 1.165) is 23.7 Å². The zero-order chi connectivity index (χ0) is 25.7. The first-order chi connectivity index (χ1) is 17.8. The van der Waals surface area contributed by atoms with Crippen molar-refractivity contribution in [3.63, 3.8) is 0 Å². The smallest absolute Gasteiger partial charge is 0.365 e. The molecule has 1 amide bonds. The van der Waals surface area contributed by atoms with E-state index >= 15 is 0 Å². The number of benzene rings is 3. The highest BCUT2D eigenvalue weighted by Gasteiger charge is 2.44. The number of nitrogens with zero attached hydrogens (tertiary/aromatic N) is 3. The van der Waals surface area contributed by atoms with E-state index in [1.165, 1.54) is 23.8 Å². The largest absolute Gasteiger partial charge is 0.416 e. The van der Waals surface area contributed by atoms with E-state index in [-0.39, 0.29) is 24.2 Å². The van der Waals surface area contributed by atoms with Crippen LogP contribution in [-0.4, -0.2) is 43.0 Å². The van der Waals surface area contributed by atoms with Crippen LogP contribution in [0.25, 0.3) is 0 Å². The Balaban J connectivity index is 1.35. The number of hydrogen-bond acceptors (Lipinski definition) is 3. The minimum absolute atomic E-state index is 0.0528. The topological polar surface area (TPSA) is 26.8 Å². The summed E-state index contributed by atoms with van der Waals surface area (Å²) in [5, 5.41) is 0. The van der Waals surface area contributed by atoms with Gasteiger partial charge in [-0.15, -0.1) is 0 Å². The summed E-state index contributed by atoms with van der Waals surface area (Å²) in [6.07, 6.45) is -3.48. The number of para-hydroxylation sites is 1. The third-order valence-corrected chi connectivity index (χ3v) is 7.99. The van der Waals surface area contributed by atoms with Crippen LogP contribution in [0.4, 0.5) is 28.9 Å². The van der Waals surface area contributed by atoms with Crippen LogP contribution in [0, 0.1) is 11.7 Å². The van der Waals surface area contributed by atoms with Crippen LogP contribution in [0.3, 0.4) is 0 Å². The van der Waals surface area contributed by atoms with Gasteiger partial charge in [0, 0.05) is 38.4 Å². The van der Waals surface area contributed by atoms with E-state index in [1.54, 1.807) is 18.2 Å². The summed E-state index contributed by atoms with van der Waals surface area (Å²) < 4.78 is 55.2. The van der Waals surface area contributed by atoms with Crippen molar-refractivity contribution in [2.45, 2.75) is 31.6 Å². The van der Waals surface area contributed by atoms with Crippen molar-refractivity contribution in [3.8, 4) is 0 Å². The third kappa shape index (κ3) is 4.32. The van der Waals surface area contributed by atoms with Crippen LogP contribution in [0.15, 0.2) is 66.7 Å². The summed E-state index contributed by atoms with van der Waals surface area (Å²) in [6, 6.07) is 18.2. The SMILES string of the molecule is O=C(C1Cc2cc(C(F)(F)F)ccc2N2CCN(c3ccccc3F)CC12)N1CCc2ccccc2C1. The number of carbonyl (C=O) groups excluding carboxylic acids is 1. The van der Waals surface area contributed by atoms with Crippen molar-refractivity contribution in [1.82, 2.24) is 4.90 Å². The standard InChI is InChI=1S/C29H27F4N3O/c30-24-7-3-4-8-26(24)34-13-14-36-25-10-9-22(29(31,32)33)15-21(25)16-23(27(36)18-34)28(37)35-12-11-19-5-1-2-6-20(19)17-35/h1-10,15,23,27H,11-14,16-18H2. The average molecular weight is 510 g/mol. The van der Waals surface area contributed by atoms with Gasteiger partial charge in [0.25, 0.3) is 0 Å². The van der Waals surface area contributed by atoms with Crippen LogP contribution in [0.2, 0.25) is 0 Å². The summed E-state index contributed by atoms with van der Waals surface area (Å²) >= 11 is 0. The van der Waals surface area contributed by atoms with Gasteiger partial charge in [0.1, 0.15) is 5.82 Å². The number of fused-ring (bicyclic) bond motifs is 4. The van der Waals surface area contributed by atoms with Crippen LogP contribution in [-0.2, 0) is 30.4 Å². The Kier molecular flexibility index (Phi) is 5.85. The molecule has 3 aromatic carbocycles. The lowest BCUT2D eigenvalue weighted by Gasteiger charge is -2.50. The van der Waals surface area contributed by atoms with Crippen LogP contribution in [0.5, 0.6) is 0 Å². The second kappa shape index (κ2) is 9.08. The average Bonchev–Trinajstić information content (AvgIpc) is 2.91. The Hall–Kier alpha value is -3.55. The lowest BCUT2D eigenvalue weighted by molar-refractivity contribution is -0.137. The fourth-order valence-corrected chi connectivity index (χ4v) is 6.13. The molecular formula is C29H27F4N3O. The Morgan fingerprint density at radius 1 is 0.838 bits per heavy atom. The predicted octanol–water partition coefficient (Wildman–Crippen LogP) is 5.30. The summed E-state index contributed by atoms with van der Waals surface area (Å²) in [7, 11) is 0. The van der Waals surface area contributed by atoms with Gasteiger partial charge in [0.15, 0.2) is 0 Å². The molecular weight excluding hydrogens is 482 g/mol. The molecule has 37 heavy (non-hydrogen) atoms. The molecule has 3 heterocycles. The first-order valence-corrected chi connectivity index (χ1v) is 12.6.